The summed E-state index contributed by atoms with van der Waals surface area (Å²) in [5, 5.41) is 3.45. The Labute approximate surface area is 106 Å². The van der Waals surface area contributed by atoms with Crippen LogP contribution in [0.25, 0.3) is 0 Å². The molecule has 0 bridgehead atoms. The van der Waals surface area contributed by atoms with Crippen molar-refractivity contribution in [3.05, 3.63) is 30.1 Å². The quantitative estimate of drug-likeness (QED) is 0.745. The number of aromatic nitrogens is 1. The van der Waals surface area contributed by atoms with Crippen molar-refractivity contribution < 1.29 is 0 Å². The van der Waals surface area contributed by atoms with Gasteiger partial charge < -0.3 is 5.32 Å². The number of rotatable bonds is 8. The van der Waals surface area contributed by atoms with Gasteiger partial charge in [-0.05, 0) is 49.9 Å². The maximum Gasteiger partial charge on any atom is 0.0270 e. The summed E-state index contributed by atoms with van der Waals surface area (Å²) in [7, 11) is 2.08. The van der Waals surface area contributed by atoms with Gasteiger partial charge in [0.15, 0.2) is 0 Å². The molecule has 0 aliphatic heterocycles. The van der Waals surface area contributed by atoms with E-state index in [-0.39, 0.29) is 0 Å². The fourth-order valence-electron chi connectivity index (χ4n) is 2.37. The number of pyridine rings is 1. The summed E-state index contributed by atoms with van der Waals surface area (Å²) >= 11 is 0. The Hall–Kier alpha value is -0.890. The molecule has 1 rings (SSSR count). The normalized spacial score (nSPS) is 14.5. The lowest BCUT2D eigenvalue weighted by atomic mass is 9.94. The third-order valence-electron chi connectivity index (χ3n) is 3.41. The molecule has 0 amide bonds. The fourth-order valence-corrected chi connectivity index (χ4v) is 2.37. The molecule has 2 heteroatoms. The summed E-state index contributed by atoms with van der Waals surface area (Å²) in [5.41, 5.74) is 1.39. The van der Waals surface area contributed by atoms with Crippen LogP contribution in [0.3, 0.4) is 0 Å². The topological polar surface area (TPSA) is 24.9 Å². The predicted molar refractivity (Wildman–Crippen MR) is 74.1 cm³/mol. The number of hydrogen-bond acceptors (Lipinski definition) is 2. The maximum atomic E-state index is 4.05. The van der Waals surface area contributed by atoms with Gasteiger partial charge in [-0.2, -0.15) is 0 Å². The Morgan fingerprint density at radius 2 is 1.94 bits per heavy atom. The van der Waals surface area contributed by atoms with E-state index in [1.54, 1.807) is 0 Å². The Morgan fingerprint density at radius 1 is 1.24 bits per heavy atom. The first kappa shape index (κ1) is 14.2. The molecule has 1 aromatic heterocycles. The minimum atomic E-state index is 0.643. The van der Waals surface area contributed by atoms with E-state index in [9.17, 15) is 0 Å². The fraction of sp³-hybridized carbons (Fsp3) is 0.667. The Morgan fingerprint density at radius 3 is 2.53 bits per heavy atom. The van der Waals surface area contributed by atoms with Gasteiger partial charge in [-0.3, -0.25) is 4.98 Å². The second kappa shape index (κ2) is 8.24. The molecule has 1 aromatic rings. The lowest BCUT2D eigenvalue weighted by molar-refractivity contribution is 0.384. The molecular formula is C15H26N2. The Balaban J connectivity index is 2.32. The van der Waals surface area contributed by atoms with Crippen LogP contribution < -0.4 is 5.32 Å². The summed E-state index contributed by atoms with van der Waals surface area (Å²) in [6, 6.07) is 4.87. The van der Waals surface area contributed by atoms with Crippen LogP contribution in [-0.2, 0) is 6.42 Å². The monoisotopic (exact) mass is 234 g/mol. The molecule has 0 saturated carbocycles. The zero-order chi connectivity index (χ0) is 12.5. The minimum Gasteiger partial charge on any atom is -0.317 e. The highest BCUT2D eigenvalue weighted by Crippen LogP contribution is 2.15. The van der Waals surface area contributed by atoms with Crippen molar-refractivity contribution in [3.63, 3.8) is 0 Å². The summed E-state index contributed by atoms with van der Waals surface area (Å²) in [6.45, 7) is 4.63. The molecule has 0 fully saturated rings. The molecular weight excluding hydrogens is 208 g/mol. The highest BCUT2D eigenvalue weighted by atomic mass is 14.9. The summed E-state index contributed by atoms with van der Waals surface area (Å²) in [5.74, 6) is 0.829. The van der Waals surface area contributed by atoms with Gasteiger partial charge in [0.1, 0.15) is 0 Å². The van der Waals surface area contributed by atoms with Crippen molar-refractivity contribution in [1.29, 1.82) is 0 Å². The average Bonchev–Trinajstić information content (AvgIpc) is 2.36. The van der Waals surface area contributed by atoms with Crippen LogP contribution in [0.1, 0.15) is 45.1 Å². The number of hydrogen-bond donors (Lipinski definition) is 1. The van der Waals surface area contributed by atoms with Crippen molar-refractivity contribution >= 4 is 0 Å². The van der Waals surface area contributed by atoms with Crippen molar-refractivity contribution in [3.8, 4) is 0 Å². The molecule has 0 aliphatic rings. The van der Waals surface area contributed by atoms with Gasteiger partial charge in [-0.15, -0.1) is 0 Å². The molecule has 0 radical (unpaired) electrons. The number of nitrogens with zero attached hydrogens (tertiary/aromatic N) is 1. The third kappa shape index (κ3) is 5.83. The molecule has 17 heavy (non-hydrogen) atoms. The van der Waals surface area contributed by atoms with Crippen LogP contribution in [0.5, 0.6) is 0 Å². The van der Waals surface area contributed by atoms with Gasteiger partial charge in [0.05, 0.1) is 0 Å². The second-order valence-electron chi connectivity index (χ2n) is 5.01. The van der Waals surface area contributed by atoms with E-state index in [1.807, 2.05) is 12.4 Å². The van der Waals surface area contributed by atoms with Gasteiger partial charge in [-0.1, -0.05) is 26.7 Å². The first-order valence-electron chi connectivity index (χ1n) is 6.82. The van der Waals surface area contributed by atoms with Crippen LogP contribution >= 0.6 is 0 Å². The maximum absolute atomic E-state index is 4.05. The first-order chi connectivity index (χ1) is 8.26. The molecule has 1 N–H and O–H groups in total. The predicted octanol–water partition coefficient (Wildman–Crippen LogP) is 3.43. The van der Waals surface area contributed by atoms with E-state index in [4.69, 9.17) is 0 Å². The van der Waals surface area contributed by atoms with Crippen molar-refractivity contribution in [1.82, 2.24) is 10.3 Å². The number of aryl methyl sites for hydroxylation is 1. The lowest BCUT2D eigenvalue weighted by Crippen LogP contribution is -2.27. The zero-order valence-electron chi connectivity index (χ0n) is 11.4. The Bertz CT molecular complexity index is 284. The highest BCUT2D eigenvalue weighted by Gasteiger charge is 2.10. The molecule has 0 spiro atoms. The summed E-state index contributed by atoms with van der Waals surface area (Å²) in [4.78, 5) is 4.05. The van der Waals surface area contributed by atoms with Crippen LogP contribution in [0, 0.1) is 5.92 Å². The van der Waals surface area contributed by atoms with Gasteiger partial charge >= 0.3 is 0 Å². The van der Waals surface area contributed by atoms with Crippen molar-refractivity contribution in [2.75, 3.05) is 7.05 Å². The van der Waals surface area contributed by atoms with E-state index >= 15 is 0 Å². The largest absolute Gasteiger partial charge is 0.317 e. The molecule has 2 unspecified atom stereocenters. The summed E-state index contributed by atoms with van der Waals surface area (Å²) < 4.78 is 0. The standard InChI is InChI=1S/C15H26N2/c1-4-5-13(2)12-15(16-3)7-6-14-8-10-17-11-9-14/h8-11,13,15-16H,4-7,12H2,1-3H3. The van der Waals surface area contributed by atoms with Crippen LogP contribution in [-0.4, -0.2) is 18.1 Å². The highest BCUT2D eigenvalue weighted by molar-refractivity contribution is 5.09. The van der Waals surface area contributed by atoms with Gasteiger partial charge in [0.2, 0.25) is 0 Å². The molecule has 0 aromatic carbocycles. The van der Waals surface area contributed by atoms with Crippen LogP contribution in [0.15, 0.2) is 24.5 Å². The Kier molecular flexibility index (Phi) is 6.87. The lowest BCUT2D eigenvalue weighted by Gasteiger charge is -2.20. The van der Waals surface area contributed by atoms with Gasteiger partial charge in [0, 0.05) is 18.4 Å². The molecule has 0 aliphatic carbocycles. The number of nitrogens with one attached hydrogen (secondary N) is 1. The van der Waals surface area contributed by atoms with E-state index in [1.165, 1.54) is 31.2 Å². The minimum absolute atomic E-state index is 0.643. The third-order valence-corrected chi connectivity index (χ3v) is 3.41. The molecule has 2 nitrogen and oxygen atoms in total. The van der Waals surface area contributed by atoms with Gasteiger partial charge in [0.25, 0.3) is 0 Å². The van der Waals surface area contributed by atoms with E-state index in [2.05, 4.69) is 43.3 Å². The smallest absolute Gasteiger partial charge is 0.0270 e. The van der Waals surface area contributed by atoms with Crippen molar-refractivity contribution in [2.24, 2.45) is 5.92 Å². The van der Waals surface area contributed by atoms with Crippen LogP contribution in [0.2, 0.25) is 0 Å². The second-order valence-corrected chi connectivity index (χ2v) is 5.01. The van der Waals surface area contributed by atoms with Gasteiger partial charge in [-0.25, -0.2) is 0 Å². The zero-order valence-corrected chi connectivity index (χ0v) is 11.4. The molecule has 0 saturated heterocycles. The first-order valence-corrected chi connectivity index (χ1v) is 6.82. The van der Waals surface area contributed by atoms with E-state index in [0.29, 0.717) is 6.04 Å². The summed E-state index contributed by atoms with van der Waals surface area (Å²) in [6.07, 6.45) is 10.0. The molecule has 2 atom stereocenters. The van der Waals surface area contributed by atoms with E-state index in [0.717, 1.165) is 12.3 Å². The molecule has 96 valence electrons. The van der Waals surface area contributed by atoms with Crippen LogP contribution in [0.4, 0.5) is 0 Å². The van der Waals surface area contributed by atoms with Crippen molar-refractivity contribution in [2.45, 2.75) is 52.0 Å². The average molecular weight is 234 g/mol. The molecule has 1 heterocycles. The van der Waals surface area contributed by atoms with E-state index < -0.39 is 0 Å². The SMILES string of the molecule is CCCC(C)CC(CCc1ccncc1)NC.